The minimum absolute atomic E-state index is 0. The van der Waals surface area contributed by atoms with Gasteiger partial charge in [-0.1, -0.05) is 30.3 Å². The van der Waals surface area contributed by atoms with E-state index in [4.69, 9.17) is 0 Å². The Balaban J connectivity index is 0.000000810. The van der Waals surface area contributed by atoms with Crippen LogP contribution >= 0.6 is 0 Å². The summed E-state index contributed by atoms with van der Waals surface area (Å²) in [6.45, 7) is 0.529. The Hall–Kier alpha value is -0.130. The monoisotopic (exact) mass is 250 g/mol. The van der Waals surface area contributed by atoms with E-state index in [1.807, 2.05) is 30.3 Å². The Kier molecular flexibility index (Phi) is 5.57. The Labute approximate surface area is 77.2 Å². The molecule has 0 atom stereocenters. The third-order valence-electron chi connectivity index (χ3n) is 1.16. The lowest BCUT2D eigenvalue weighted by atomic mass is 10.2. The molecule has 3 heteroatoms. The van der Waals surface area contributed by atoms with E-state index in [2.05, 4.69) is 0 Å². The maximum atomic E-state index is 9.97. The molecule has 0 radical (unpaired) electrons. The first kappa shape index (κ1) is 9.87. The molecule has 0 saturated heterocycles. The summed E-state index contributed by atoms with van der Waals surface area (Å²) in [4.78, 5) is 0. The van der Waals surface area contributed by atoms with Crippen molar-refractivity contribution in [1.82, 2.24) is 0 Å². The molecule has 0 unspecified atom stereocenters. The van der Waals surface area contributed by atoms with Crippen LogP contribution in [-0.4, -0.2) is 0 Å². The molecule has 2 N–H and O–H groups in total. The first-order valence-electron chi connectivity index (χ1n) is 2.91. The quantitative estimate of drug-likeness (QED) is 0.448. The molecule has 0 aliphatic rings. The lowest BCUT2D eigenvalue weighted by molar-refractivity contribution is -0.605. The fraction of sp³-hybridized carbons (Fsp3) is 0.143. The number of hydrogen-bond acceptors (Lipinski definition) is 1. The normalized spacial score (nSPS) is 8.50. The van der Waals surface area contributed by atoms with Crippen LogP contribution in [0.25, 0.3) is 0 Å². The van der Waals surface area contributed by atoms with E-state index in [1.54, 1.807) is 0 Å². The lowest BCUT2D eigenvalue weighted by Crippen LogP contribution is -3.00. The van der Waals surface area contributed by atoms with E-state index in [0.29, 0.717) is 6.54 Å². The molecule has 1 aromatic carbocycles. The van der Waals surface area contributed by atoms with Crippen molar-refractivity contribution in [3.8, 4) is 0 Å². The third-order valence-corrected chi connectivity index (χ3v) is 1.16. The zero-order valence-electron chi connectivity index (χ0n) is 5.46. The van der Waals surface area contributed by atoms with Crippen LogP contribution < -0.4 is 29.5 Å². The van der Waals surface area contributed by atoms with Crippen molar-refractivity contribution in [3.05, 3.63) is 41.1 Å². The first-order chi connectivity index (χ1) is 4.43. The van der Waals surface area contributed by atoms with Gasteiger partial charge in [-0.05, 0) is 0 Å². The average molecular weight is 250 g/mol. The van der Waals surface area contributed by atoms with Crippen LogP contribution in [0.4, 0.5) is 0 Å². The smallest absolute Gasteiger partial charge is 0.101 e. The van der Waals surface area contributed by atoms with Gasteiger partial charge >= 0.3 is 0 Å². The number of quaternary nitrogens is 1. The molecular formula is C7H9INO-. The molecule has 0 aromatic heterocycles. The van der Waals surface area contributed by atoms with E-state index >= 15 is 0 Å². The zero-order chi connectivity index (χ0) is 6.53. The summed E-state index contributed by atoms with van der Waals surface area (Å²) in [5.41, 5.74) is 1.99. The van der Waals surface area contributed by atoms with Gasteiger partial charge < -0.3 is 34.7 Å². The minimum atomic E-state index is 0. The fourth-order valence-corrected chi connectivity index (χ4v) is 0.710. The molecule has 0 spiro atoms. The predicted octanol–water partition coefficient (Wildman–Crippen LogP) is -2.75. The number of nitrogens with two attached hydrogens (primary N) is 1. The summed E-state index contributed by atoms with van der Waals surface area (Å²) in [6, 6.07) is 9.68. The van der Waals surface area contributed by atoms with Crippen molar-refractivity contribution < 1.29 is 29.5 Å². The van der Waals surface area contributed by atoms with Crippen molar-refractivity contribution in [3.63, 3.8) is 0 Å². The fourth-order valence-electron chi connectivity index (χ4n) is 0.710. The molecule has 2 nitrogen and oxygen atoms in total. The second-order valence-corrected chi connectivity index (χ2v) is 1.86. The van der Waals surface area contributed by atoms with Gasteiger partial charge in [0.25, 0.3) is 0 Å². The molecule has 0 bridgehead atoms. The predicted molar refractivity (Wildman–Crippen MR) is 35.4 cm³/mol. The van der Waals surface area contributed by atoms with Crippen molar-refractivity contribution >= 4 is 0 Å². The highest BCUT2D eigenvalue weighted by molar-refractivity contribution is 5.12. The summed E-state index contributed by atoms with van der Waals surface area (Å²) in [5, 5.41) is 9.97. The summed E-state index contributed by atoms with van der Waals surface area (Å²) >= 11 is 0. The number of hydrogen-bond donors (Lipinski definition) is 1. The number of benzene rings is 1. The Bertz CT molecular complexity index is 167. The van der Waals surface area contributed by atoms with Gasteiger partial charge in [0.05, 0.1) is 0 Å². The molecule has 56 valence electrons. The van der Waals surface area contributed by atoms with E-state index in [1.165, 1.54) is 0 Å². The van der Waals surface area contributed by atoms with Crippen LogP contribution in [0.1, 0.15) is 5.56 Å². The molecule has 0 aliphatic carbocycles. The Morgan fingerprint density at radius 1 is 1.20 bits per heavy atom. The van der Waals surface area contributed by atoms with E-state index in [-0.39, 0.29) is 24.0 Å². The molecule has 0 aliphatic heterocycles. The molecule has 0 heterocycles. The lowest BCUT2D eigenvalue weighted by Gasteiger charge is -1.99. The third kappa shape index (κ3) is 3.14. The molecular weight excluding hydrogens is 241 g/mol. The minimum Gasteiger partial charge on any atom is -1.00 e. The van der Waals surface area contributed by atoms with Gasteiger partial charge in [0.15, 0.2) is 0 Å². The maximum Gasteiger partial charge on any atom is 0.101 e. The highest BCUT2D eigenvalue weighted by Gasteiger charge is 1.85. The standard InChI is InChI=1S/C7H9NO.HI/c9-8-6-7-4-2-1-3-5-7;/h1-5H,6,8H2;1H/p-1. The summed E-state index contributed by atoms with van der Waals surface area (Å²) in [5.74, 6) is 0. The molecule has 1 aromatic rings. The van der Waals surface area contributed by atoms with Gasteiger partial charge in [-0.2, -0.15) is 0 Å². The van der Waals surface area contributed by atoms with Gasteiger partial charge in [0, 0.05) is 5.56 Å². The highest BCUT2D eigenvalue weighted by Crippen LogP contribution is 1.93. The van der Waals surface area contributed by atoms with Crippen molar-refractivity contribution in [1.29, 1.82) is 0 Å². The van der Waals surface area contributed by atoms with Crippen LogP contribution in [0.3, 0.4) is 0 Å². The van der Waals surface area contributed by atoms with Gasteiger partial charge in [0.1, 0.15) is 6.54 Å². The first-order valence-corrected chi connectivity index (χ1v) is 2.91. The number of hydroxylamine groups is 1. The maximum absolute atomic E-state index is 9.97. The van der Waals surface area contributed by atoms with Crippen molar-refractivity contribution in [2.75, 3.05) is 0 Å². The van der Waals surface area contributed by atoms with Crippen molar-refractivity contribution in [2.24, 2.45) is 0 Å². The van der Waals surface area contributed by atoms with Crippen LogP contribution in [0, 0.1) is 5.21 Å². The van der Waals surface area contributed by atoms with Crippen molar-refractivity contribution in [2.45, 2.75) is 6.54 Å². The Morgan fingerprint density at radius 2 is 1.80 bits per heavy atom. The molecule has 0 amide bonds. The second kappa shape index (κ2) is 5.64. The SMILES string of the molecule is [I-].[O-][NH2+]Cc1ccccc1. The number of halogens is 1. The van der Waals surface area contributed by atoms with Crippen LogP contribution in [0.2, 0.25) is 0 Å². The number of rotatable bonds is 2. The van der Waals surface area contributed by atoms with Gasteiger partial charge in [-0.25, -0.2) is 0 Å². The summed E-state index contributed by atoms with van der Waals surface area (Å²) in [6.07, 6.45) is 0. The average Bonchev–Trinajstić information content (AvgIpc) is 1.91. The summed E-state index contributed by atoms with van der Waals surface area (Å²) < 4.78 is 0. The van der Waals surface area contributed by atoms with Crippen LogP contribution in [-0.2, 0) is 6.54 Å². The molecule has 1 rings (SSSR count). The topological polar surface area (TPSA) is 39.7 Å². The Morgan fingerprint density at radius 3 is 2.30 bits per heavy atom. The van der Waals surface area contributed by atoms with Crippen LogP contribution in [0.5, 0.6) is 0 Å². The van der Waals surface area contributed by atoms with Gasteiger partial charge in [0.2, 0.25) is 0 Å². The van der Waals surface area contributed by atoms with E-state index < -0.39 is 0 Å². The van der Waals surface area contributed by atoms with E-state index in [9.17, 15) is 5.21 Å². The second-order valence-electron chi connectivity index (χ2n) is 1.86. The largest absolute Gasteiger partial charge is 1.00 e. The summed E-state index contributed by atoms with van der Waals surface area (Å²) in [7, 11) is 0. The zero-order valence-corrected chi connectivity index (χ0v) is 7.61. The highest BCUT2D eigenvalue weighted by atomic mass is 127. The van der Waals surface area contributed by atoms with Crippen LogP contribution in [0.15, 0.2) is 30.3 Å². The van der Waals surface area contributed by atoms with E-state index in [0.717, 1.165) is 11.0 Å². The molecule has 0 saturated carbocycles. The molecule has 10 heavy (non-hydrogen) atoms. The van der Waals surface area contributed by atoms with Gasteiger partial charge in [-0.3, -0.25) is 0 Å². The molecule has 0 fully saturated rings. The van der Waals surface area contributed by atoms with Gasteiger partial charge in [-0.15, -0.1) is 0 Å².